The van der Waals surface area contributed by atoms with Gasteiger partial charge in [0, 0.05) is 11.3 Å². The molecule has 25 heavy (non-hydrogen) atoms. The second-order valence-corrected chi connectivity index (χ2v) is 5.77. The van der Waals surface area contributed by atoms with Gasteiger partial charge in [0.2, 0.25) is 5.78 Å². The normalized spacial score (nSPS) is 10.8. The number of tetrazole rings is 1. The zero-order valence-corrected chi connectivity index (χ0v) is 14.1. The lowest BCUT2D eigenvalue weighted by Gasteiger charge is -2.00. The molecule has 2 aromatic heterocycles. The molecule has 3 rings (SSSR count). The average molecular weight is 339 g/mol. The molecule has 0 aliphatic rings. The van der Waals surface area contributed by atoms with Gasteiger partial charge in [-0.1, -0.05) is 18.2 Å². The number of carbonyl (C=O) groups excluding carboxylic acids is 2. The van der Waals surface area contributed by atoms with Crippen molar-refractivity contribution in [3.05, 3.63) is 63.3 Å². The Morgan fingerprint density at radius 1 is 1.12 bits per heavy atom. The Hall–Kier alpha value is -3.29. The number of hydrogen-bond acceptors (Lipinski definition) is 5. The minimum Gasteiger partial charge on any atom is -0.355 e. The summed E-state index contributed by atoms with van der Waals surface area (Å²) < 4.78 is 2.12. The predicted octanol–water partition coefficient (Wildman–Crippen LogP) is 1.46. The average Bonchev–Trinajstić information content (AvgIpc) is 3.08. The monoisotopic (exact) mass is 339 g/mol. The van der Waals surface area contributed by atoms with Gasteiger partial charge < -0.3 is 4.98 Å². The summed E-state index contributed by atoms with van der Waals surface area (Å²) in [7, 11) is 0. The van der Waals surface area contributed by atoms with Crippen LogP contribution in [0.15, 0.2) is 35.1 Å². The zero-order valence-electron chi connectivity index (χ0n) is 14.1. The minimum absolute atomic E-state index is 0.113. The minimum atomic E-state index is -0.507. The number of benzene rings is 1. The van der Waals surface area contributed by atoms with Gasteiger partial charge in [-0.25, -0.2) is 4.79 Å². The first-order valence-electron chi connectivity index (χ1n) is 7.71. The van der Waals surface area contributed by atoms with Crippen LogP contribution in [-0.2, 0) is 6.54 Å². The number of nitrogens with zero attached hydrogens (tertiary/aromatic N) is 4. The smallest absolute Gasteiger partial charge is 0.355 e. The largest absolute Gasteiger partial charge is 0.368 e. The molecule has 0 saturated heterocycles. The molecule has 0 unspecified atom stereocenters. The van der Waals surface area contributed by atoms with Crippen LogP contribution in [-0.4, -0.2) is 36.3 Å². The van der Waals surface area contributed by atoms with Crippen LogP contribution in [0.25, 0.3) is 5.69 Å². The predicted molar refractivity (Wildman–Crippen MR) is 90.2 cm³/mol. The maximum atomic E-state index is 12.5. The second-order valence-electron chi connectivity index (χ2n) is 5.77. The van der Waals surface area contributed by atoms with Gasteiger partial charge in [0.15, 0.2) is 5.78 Å². The highest BCUT2D eigenvalue weighted by Crippen LogP contribution is 2.19. The van der Waals surface area contributed by atoms with Crippen LogP contribution in [0, 0.1) is 13.8 Å². The number of ketones is 2. The molecule has 8 heteroatoms. The summed E-state index contributed by atoms with van der Waals surface area (Å²) in [5.74, 6) is -0.451. The third-order valence-electron chi connectivity index (χ3n) is 4.00. The van der Waals surface area contributed by atoms with Crippen molar-refractivity contribution in [3.8, 4) is 5.69 Å². The van der Waals surface area contributed by atoms with Gasteiger partial charge in [-0.15, -0.1) is 0 Å². The molecule has 0 spiro atoms. The van der Waals surface area contributed by atoms with Crippen molar-refractivity contribution >= 4 is 11.6 Å². The summed E-state index contributed by atoms with van der Waals surface area (Å²) in [5.41, 5.74) is 2.09. The summed E-state index contributed by atoms with van der Waals surface area (Å²) in [6.45, 7) is 4.63. The van der Waals surface area contributed by atoms with Gasteiger partial charge in [-0.05, 0) is 48.9 Å². The summed E-state index contributed by atoms with van der Waals surface area (Å²) in [4.78, 5) is 39.5. The molecular weight excluding hydrogens is 322 g/mol. The number of aromatic nitrogens is 5. The van der Waals surface area contributed by atoms with E-state index in [-0.39, 0.29) is 18.1 Å². The van der Waals surface area contributed by atoms with E-state index in [1.807, 2.05) is 6.07 Å². The van der Waals surface area contributed by atoms with Crippen molar-refractivity contribution in [1.82, 2.24) is 24.8 Å². The van der Waals surface area contributed by atoms with Gasteiger partial charge >= 0.3 is 5.69 Å². The van der Waals surface area contributed by atoms with Crippen LogP contribution < -0.4 is 5.69 Å². The number of H-pyrrole nitrogens is 1. The number of hydrogen-bond donors (Lipinski definition) is 1. The number of nitrogens with one attached hydrogen (secondary N) is 1. The highest BCUT2D eigenvalue weighted by molar-refractivity contribution is 6.03. The van der Waals surface area contributed by atoms with Gasteiger partial charge in [-0.3, -0.25) is 9.59 Å². The summed E-state index contributed by atoms with van der Waals surface area (Å²) in [6, 6.07) is 8.83. The summed E-state index contributed by atoms with van der Waals surface area (Å²) >= 11 is 0. The van der Waals surface area contributed by atoms with E-state index in [9.17, 15) is 14.4 Å². The third kappa shape index (κ3) is 2.93. The van der Waals surface area contributed by atoms with Gasteiger partial charge in [0.1, 0.15) is 6.54 Å². The number of rotatable bonds is 5. The van der Waals surface area contributed by atoms with Crippen molar-refractivity contribution in [3.63, 3.8) is 0 Å². The van der Waals surface area contributed by atoms with E-state index in [0.29, 0.717) is 28.2 Å². The maximum Gasteiger partial charge on any atom is 0.368 e. The van der Waals surface area contributed by atoms with E-state index in [0.717, 1.165) is 9.36 Å². The van der Waals surface area contributed by atoms with Crippen LogP contribution in [0.1, 0.15) is 39.0 Å². The lowest BCUT2D eigenvalue weighted by molar-refractivity contribution is 0.0960. The molecule has 0 amide bonds. The molecular formula is C17H17N5O3. The number of para-hydroxylation sites is 1. The number of Topliss-reactive ketones (excluding diaryl/α,β-unsaturated/α-hetero) is 2. The number of aryl methyl sites for hydroxylation is 1. The molecule has 8 nitrogen and oxygen atoms in total. The highest BCUT2D eigenvalue weighted by Gasteiger charge is 2.21. The van der Waals surface area contributed by atoms with Gasteiger partial charge in [-0.2, -0.15) is 9.36 Å². The molecule has 2 heterocycles. The molecule has 0 radical (unpaired) electrons. The van der Waals surface area contributed by atoms with Gasteiger partial charge in [0.05, 0.1) is 11.4 Å². The van der Waals surface area contributed by atoms with Crippen molar-refractivity contribution in [2.24, 2.45) is 0 Å². The third-order valence-corrected chi connectivity index (χ3v) is 4.00. The van der Waals surface area contributed by atoms with E-state index < -0.39 is 5.69 Å². The lowest BCUT2D eigenvalue weighted by atomic mass is 10.1. The first kappa shape index (κ1) is 16.6. The van der Waals surface area contributed by atoms with Crippen molar-refractivity contribution in [2.45, 2.75) is 27.3 Å². The molecule has 0 atom stereocenters. The van der Waals surface area contributed by atoms with Crippen LogP contribution in [0.5, 0.6) is 0 Å². The molecule has 0 fully saturated rings. The molecule has 1 aromatic carbocycles. The molecule has 1 N–H and O–H groups in total. The Labute approximate surface area is 143 Å². The highest BCUT2D eigenvalue weighted by atomic mass is 16.2. The summed E-state index contributed by atoms with van der Waals surface area (Å²) in [5, 5.41) is 7.57. The molecule has 0 bridgehead atoms. The molecule has 128 valence electrons. The van der Waals surface area contributed by atoms with Crippen LogP contribution in [0.3, 0.4) is 0 Å². The Morgan fingerprint density at radius 3 is 2.40 bits per heavy atom. The SMILES string of the molecule is CC(=O)c1c(C)[nH]c(C(=O)Cn2nnn(-c3ccccc3)c2=O)c1C. The fourth-order valence-electron chi connectivity index (χ4n) is 2.88. The molecule has 0 aliphatic carbocycles. The second kappa shape index (κ2) is 6.31. The van der Waals surface area contributed by atoms with E-state index in [2.05, 4.69) is 15.4 Å². The lowest BCUT2D eigenvalue weighted by Crippen LogP contribution is -2.27. The van der Waals surface area contributed by atoms with E-state index >= 15 is 0 Å². The fraction of sp³-hybridized carbons (Fsp3) is 0.235. The fourth-order valence-corrected chi connectivity index (χ4v) is 2.88. The summed E-state index contributed by atoms with van der Waals surface area (Å²) in [6.07, 6.45) is 0. The quantitative estimate of drug-likeness (QED) is 0.709. The Kier molecular flexibility index (Phi) is 4.18. The Morgan fingerprint density at radius 2 is 1.80 bits per heavy atom. The maximum absolute atomic E-state index is 12.5. The van der Waals surface area contributed by atoms with Crippen molar-refractivity contribution in [1.29, 1.82) is 0 Å². The van der Waals surface area contributed by atoms with Crippen molar-refractivity contribution < 1.29 is 9.59 Å². The first-order valence-corrected chi connectivity index (χ1v) is 7.71. The standard InChI is InChI=1S/C17H17N5O3/c1-10-15(12(3)23)11(2)18-16(10)14(24)9-21-17(25)22(20-19-21)13-7-5-4-6-8-13/h4-8,18H,9H2,1-3H3. The number of carbonyl (C=O) groups is 2. The van der Waals surface area contributed by atoms with E-state index in [1.165, 1.54) is 6.92 Å². The van der Waals surface area contributed by atoms with Gasteiger partial charge in [0.25, 0.3) is 0 Å². The topological polar surface area (TPSA) is 103 Å². The van der Waals surface area contributed by atoms with E-state index in [4.69, 9.17) is 0 Å². The van der Waals surface area contributed by atoms with E-state index in [1.54, 1.807) is 38.1 Å². The van der Waals surface area contributed by atoms with Crippen LogP contribution >= 0.6 is 0 Å². The Balaban J connectivity index is 1.91. The zero-order chi connectivity index (χ0) is 18.1. The first-order chi connectivity index (χ1) is 11.9. The van der Waals surface area contributed by atoms with Crippen LogP contribution in [0.4, 0.5) is 0 Å². The molecule has 0 saturated carbocycles. The van der Waals surface area contributed by atoms with Crippen LogP contribution in [0.2, 0.25) is 0 Å². The Bertz CT molecular complexity index is 1010. The molecule has 3 aromatic rings. The van der Waals surface area contributed by atoms with Crippen molar-refractivity contribution in [2.75, 3.05) is 0 Å². The number of aromatic amines is 1. The molecule has 0 aliphatic heterocycles.